The van der Waals surface area contributed by atoms with E-state index in [4.69, 9.17) is 0 Å². The summed E-state index contributed by atoms with van der Waals surface area (Å²) in [5.74, 6) is 0. The van der Waals surface area contributed by atoms with E-state index in [-0.39, 0.29) is 35.7 Å². The van der Waals surface area contributed by atoms with Gasteiger partial charge < -0.3 is 24.8 Å². The predicted molar refractivity (Wildman–Crippen MR) is 90.8 cm³/mol. The standard InChI is InChI=1S/C9H7.C5H5.C4H8Si2.2ClH.Zr/c1-2-5-9-7-3-6-8(9)4-1;1-2-4-5-3-1;1-2-6-4-3-5-1;;;/h1-7H;1-3H,4H2;1-4H2;2*1H;/q;;;;;+2/p-2. The monoisotopic (exact) mass is 452 g/mol. The molecule has 0 nitrogen and oxygen atoms in total. The van der Waals surface area contributed by atoms with Crippen LogP contribution in [0, 0.1) is 0 Å². The fraction of sp³-hybridized carbons (Fsp3) is 0.333. The van der Waals surface area contributed by atoms with Crippen molar-refractivity contribution in [1.82, 2.24) is 0 Å². The number of rotatable bonds is 2. The molecule has 0 radical (unpaired) electrons. The molecule has 0 aromatic heterocycles. The first kappa shape index (κ1) is 18.1. The Balaban J connectivity index is 0.000000781. The summed E-state index contributed by atoms with van der Waals surface area (Å²) < 4.78 is 2.96. The van der Waals surface area contributed by atoms with Gasteiger partial charge in [0.15, 0.2) is 0 Å². The second-order valence-corrected chi connectivity index (χ2v) is 41.0. The number of hydrogen-bond donors (Lipinski definition) is 0. The molecule has 1 aromatic rings. The minimum atomic E-state index is -2.14. The van der Waals surface area contributed by atoms with Crippen LogP contribution in [-0.4, -0.2) is 10.9 Å². The van der Waals surface area contributed by atoms with Gasteiger partial charge in [0.1, 0.15) is 0 Å². The first-order valence-electron chi connectivity index (χ1n) is 8.24. The van der Waals surface area contributed by atoms with E-state index in [9.17, 15) is 0 Å². The maximum atomic E-state index is 2.67. The Hall–Kier alpha value is 0.337. The van der Waals surface area contributed by atoms with Crippen molar-refractivity contribution in [2.24, 2.45) is 0 Å². The van der Waals surface area contributed by atoms with E-state index >= 15 is 0 Å². The van der Waals surface area contributed by atoms with Gasteiger partial charge >= 0.3 is 132 Å². The van der Waals surface area contributed by atoms with E-state index in [2.05, 4.69) is 54.6 Å². The molecule has 5 rings (SSSR count). The predicted octanol–water partition coefficient (Wildman–Crippen LogP) is -1.23. The summed E-state index contributed by atoms with van der Waals surface area (Å²) in [6.45, 7) is 0. The van der Waals surface area contributed by atoms with Gasteiger partial charge in [0.25, 0.3) is 0 Å². The van der Waals surface area contributed by atoms with Gasteiger partial charge in [0, 0.05) is 0 Å². The summed E-state index contributed by atoms with van der Waals surface area (Å²) in [6, 6.07) is 16.1. The summed E-state index contributed by atoms with van der Waals surface area (Å²) in [4.78, 5) is 0. The Morgan fingerprint density at radius 3 is 2.30 bits per heavy atom. The average molecular weight is 455 g/mol. The van der Waals surface area contributed by atoms with E-state index in [1.807, 2.05) is 3.28 Å². The van der Waals surface area contributed by atoms with Crippen LogP contribution in [-0.2, 0) is 17.5 Å². The van der Waals surface area contributed by atoms with Gasteiger partial charge in [-0.25, -0.2) is 0 Å². The zero-order valence-corrected chi connectivity index (χ0v) is 19.0. The van der Waals surface area contributed by atoms with E-state index < -0.39 is 17.5 Å². The van der Waals surface area contributed by atoms with Crippen LogP contribution >= 0.6 is 0 Å². The Labute approximate surface area is 155 Å². The van der Waals surface area contributed by atoms with E-state index in [0.29, 0.717) is 0 Å². The normalized spacial score (nSPS) is 22.4. The van der Waals surface area contributed by atoms with Crippen molar-refractivity contribution in [3.05, 3.63) is 63.0 Å². The van der Waals surface area contributed by atoms with Gasteiger partial charge in [0.2, 0.25) is 0 Å². The molecule has 1 aromatic carbocycles. The fourth-order valence-electron chi connectivity index (χ4n) is 5.35. The topological polar surface area (TPSA) is 0 Å². The summed E-state index contributed by atoms with van der Waals surface area (Å²) in [7, 11) is 0. The Bertz CT molecular complexity index is 835. The molecule has 23 heavy (non-hydrogen) atoms. The molecule has 2 aliphatic heterocycles. The molecule has 0 fully saturated rings. The molecular weight excluding hydrogens is 435 g/mol. The number of allylic oxidation sites excluding steroid dienone is 5. The number of fused-ring (bicyclic) bond motifs is 1. The molecule has 0 saturated heterocycles. The first-order valence-corrected chi connectivity index (χ1v) is 22.1. The molecule has 0 spiro atoms. The molecule has 1 unspecified atom stereocenters. The molecule has 0 saturated carbocycles. The minimum absolute atomic E-state index is 0. The Kier molecular flexibility index (Phi) is 5.46. The summed E-state index contributed by atoms with van der Waals surface area (Å²) in [6.07, 6.45) is 13.9. The molecular formula is C18H20Cl2Si2Zr. The van der Waals surface area contributed by atoms with Gasteiger partial charge in [-0.1, -0.05) is 0 Å². The third-order valence-corrected chi connectivity index (χ3v) is 63.5. The van der Waals surface area contributed by atoms with E-state index in [1.54, 1.807) is 35.3 Å². The fourth-order valence-corrected chi connectivity index (χ4v) is 82.7. The van der Waals surface area contributed by atoms with Crippen molar-refractivity contribution in [2.75, 3.05) is 0 Å². The third-order valence-electron chi connectivity index (χ3n) is 6.12. The largest absolute Gasteiger partial charge is 1.00 e. The summed E-state index contributed by atoms with van der Waals surface area (Å²) in [5, 5.41) is 0. The van der Waals surface area contributed by atoms with Crippen LogP contribution in [0.15, 0.2) is 51.9 Å². The van der Waals surface area contributed by atoms with Gasteiger partial charge in [-0.3, -0.25) is 0 Å². The van der Waals surface area contributed by atoms with Crippen LogP contribution in [0.2, 0.25) is 24.2 Å². The smallest absolute Gasteiger partial charge is 1.00 e. The minimum Gasteiger partial charge on any atom is -1.00 e. The van der Waals surface area contributed by atoms with Gasteiger partial charge in [-0.15, -0.1) is 0 Å². The zero-order valence-electron chi connectivity index (χ0n) is 13.1. The van der Waals surface area contributed by atoms with Crippen molar-refractivity contribution in [3.8, 4) is 0 Å². The maximum Gasteiger partial charge on any atom is -1.00 e. The SMILES string of the molecule is C1=CC[C]([Zr+2]2([CH]3C=Cc4ccccc43)=[Si]3CC[Si]=2CC3)=C1.[Cl-].[Cl-]. The summed E-state index contributed by atoms with van der Waals surface area (Å²) >= 11 is -2.14. The molecule has 5 heteroatoms. The van der Waals surface area contributed by atoms with Crippen molar-refractivity contribution < 1.29 is 42.3 Å². The second-order valence-electron chi connectivity index (χ2n) is 6.81. The van der Waals surface area contributed by atoms with Gasteiger partial charge in [-0.05, 0) is 0 Å². The van der Waals surface area contributed by atoms with Crippen molar-refractivity contribution in [1.29, 1.82) is 0 Å². The first-order chi connectivity index (χ1) is 10.4. The molecule has 2 heterocycles. The molecule has 1 atom stereocenters. The molecule has 4 aliphatic rings. The van der Waals surface area contributed by atoms with Gasteiger partial charge in [0.05, 0.1) is 0 Å². The van der Waals surface area contributed by atoms with Crippen molar-refractivity contribution >= 4 is 16.9 Å². The second kappa shape index (κ2) is 6.92. The maximum absolute atomic E-state index is 2.67. The van der Waals surface area contributed by atoms with Gasteiger partial charge in [-0.2, -0.15) is 0 Å². The van der Waals surface area contributed by atoms with Crippen LogP contribution in [0.4, 0.5) is 0 Å². The van der Waals surface area contributed by atoms with E-state index in [0.717, 1.165) is 3.63 Å². The van der Waals surface area contributed by atoms with Crippen LogP contribution in [0.3, 0.4) is 0 Å². The van der Waals surface area contributed by atoms with Crippen LogP contribution in [0.5, 0.6) is 0 Å². The molecule has 2 bridgehead atoms. The van der Waals surface area contributed by atoms with Crippen LogP contribution in [0.1, 0.15) is 21.2 Å². The Morgan fingerprint density at radius 2 is 1.65 bits per heavy atom. The van der Waals surface area contributed by atoms with Crippen LogP contribution in [0.25, 0.3) is 6.08 Å². The van der Waals surface area contributed by atoms with E-state index in [1.165, 1.54) is 6.42 Å². The molecule has 0 amide bonds. The Morgan fingerprint density at radius 1 is 0.957 bits per heavy atom. The number of benzene rings is 1. The number of hydrogen-bond acceptors (Lipinski definition) is 0. The summed E-state index contributed by atoms with van der Waals surface area (Å²) in [5.41, 5.74) is 3.30. The quantitative estimate of drug-likeness (QED) is 0.491. The number of halogens is 2. The van der Waals surface area contributed by atoms with Crippen molar-refractivity contribution in [3.63, 3.8) is 0 Å². The molecule has 0 N–H and O–H groups in total. The third kappa shape index (κ3) is 2.46. The molecule has 2 aliphatic carbocycles. The average Bonchev–Trinajstić information content (AvgIpc) is 3.29. The van der Waals surface area contributed by atoms with Crippen molar-refractivity contribution in [2.45, 2.75) is 34.2 Å². The zero-order chi connectivity index (χ0) is 13.9. The molecule has 118 valence electrons. The van der Waals surface area contributed by atoms with Crippen LogP contribution < -0.4 is 24.8 Å².